The smallest absolute Gasteiger partial charge is 0.144 e. The molecular weight excluding hydrogens is 218 g/mol. The van der Waals surface area contributed by atoms with Crippen molar-refractivity contribution in [2.45, 2.75) is 39.7 Å². The Bertz CT molecular complexity index is 266. The Hall–Kier alpha value is -0.810. The SMILES string of the molecule is CC1OCCC1CNCCC(C)(C)C(N)=NO. The summed E-state index contributed by atoms with van der Waals surface area (Å²) in [6.45, 7) is 8.80. The molecule has 0 bridgehead atoms. The van der Waals surface area contributed by atoms with Crippen molar-refractivity contribution in [1.82, 2.24) is 5.32 Å². The molecule has 2 atom stereocenters. The number of nitrogens with one attached hydrogen (secondary N) is 1. The summed E-state index contributed by atoms with van der Waals surface area (Å²) in [6.07, 6.45) is 2.35. The van der Waals surface area contributed by atoms with Gasteiger partial charge >= 0.3 is 0 Å². The quantitative estimate of drug-likeness (QED) is 0.215. The first-order valence-electron chi connectivity index (χ1n) is 6.27. The first kappa shape index (κ1) is 14.3. The van der Waals surface area contributed by atoms with Crippen LogP contribution in [0.3, 0.4) is 0 Å². The molecule has 2 unspecified atom stereocenters. The molecule has 0 saturated carbocycles. The minimum absolute atomic E-state index is 0.264. The molecule has 1 fully saturated rings. The summed E-state index contributed by atoms with van der Waals surface area (Å²) in [5.74, 6) is 0.902. The van der Waals surface area contributed by atoms with Gasteiger partial charge in [-0.05, 0) is 32.2 Å². The van der Waals surface area contributed by atoms with E-state index in [4.69, 9.17) is 15.7 Å². The van der Waals surface area contributed by atoms with Gasteiger partial charge in [0.1, 0.15) is 5.84 Å². The zero-order valence-electron chi connectivity index (χ0n) is 11.1. The molecule has 0 aromatic carbocycles. The Morgan fingerprint density at radius 3 is 2.82 bits per heavy atom. The Labute approximate surface area is 103 Å². The minimum Gasteiger partial charge on any atom is -0.409 e. The van der Waals surface area contributed by atoms with Gasteiger partial charge in [-0.3, -0.25) is 0 Å². The van der Waals surface area contributed by atoms with E-state index in [0.29, 0.717) is 12.0 Å². The average molecular weight is 243 g/mol. The fraction of sp³-hybridized carbons (Fsp3) is 0.917. The van der Waals surface area contributed by atoms with E-state index in [9.17, 15) is 0 Å². The topological polar surface area (TPSA) is 79.9 Å². The van der Waals surface area contributed by atoms with Gasteiger partial charge in [0.2, 0.25) is 0 Å². The van der Waals surface area contributed by atoms with Crippen molar-refractivity contribution in [3.63, 3.8) is 0 Å². The van der Waals surface area contributed by atoms with Crippen molar-refractivity contribution in [1.29, 1.82) is 0 Å². The van der Waals surface area contributed by atoms with Gasteiger partial charge in [0.05, 0.1) is 6.10 Å². The molecular formula is C12H25N3O2. The number of oxime groups is 1. The van der Waals surface area contributed by atoms with Gasteiger partial charge in [0, 0.05) is 18.6 Å². The second-order valence-corrected chi connectivity index (χ2v) is 5.45. The molecule has 100 valence electrons. The van der Waals surface area contributed by atoms with E-state index < -0.39 is 0 Å². The molecule has 0 aromatic rings. The summed E-state index contributed by atoms with van der Waals surface area (Å²) in [7, 11) is 0. The Kier molecular flexibility index (Phi) is 5.21. The van der Waals surface area contributed by atoms with E-state index in [1.54, 1.807) is 0 Å². The number of amidine groups is 1. The molecule has 1 heterocycles. The molecule has 4 N–H and O–H groups in total. The Balaban J connectivity index is 2.19. The number of ether oxygens (including phenoxy) is 1. The van der Waals surface area contributed by atoms with Crippen LogP contribution >= 0.6 is 0 Å². The summed E-state index contributed by atoms with van der Waals surface area (Å²) in [6, 6.07) is 0. The van der Waals surface area contributed by atoms with Gasteiger partial charge in [0.25, 0.3) is 0 Å². The highest BCUT2D eigenvalue weighted by Crippen LogP contribution is 2.21. The normalized spacial score (nSPS) is 26.4. The lowest BCUT2D eigenvalue weighted by atomic mass is 9.88. The van der Waals surface area contributed by atoms with Crippen molar-refractivity contribution < 1.29 is 9.94 Å². The van der Waals surface area contributed by atoms with Crippen LogP contribution in [0, 0.1) is 11.3 Å². The van der Waals surface area contributed by atoms with Crippen molar-refractivity contribution in [2.24, 2.45) is 22.2 Å². The van der Waals surface area contributed by atoms with E-state index in [-0.39, 0.29) is 11.3 Å². The Morgan fingerprint density at radius 1 is 1.59 bits per heavy atom. The Morgan fingerprint density at radius 2 is 2.29 bits per heavy atom. The van der Waals surface area contributed by atoms with Gasteiger partial charge < -0.3 is 21.0 Å². The monoisotopic (exact) mass is 243 g/mol. The molecule has 0 radical (unpaired) electrons. The second-order valence-electron chi connectivity index (χ2n) is 5.45. The van der Waals surface area contributed by atoms with E-state index in [1.165, 1.54) is 0 Å². The number of nitrogens with two attached hydrogens (primary N) is 1. The lowest BCUT2D eigenvalue weighted by Gasteiger charge is -2.23. The first-order chi connectivity index (χ1) is 7.97. The van der Waals surface area contributed by atoms with Crippen LogP contribution in [0.25, 0.3) is 0 Å². The summed E-state index contributed by atoms with van der Waals surface area (Å²) >= 11 is 0. The summed E-state index contributed by atoms with van der Waals surface area (Å²) in [5, 5.41) is 15.2. The van der Waals surface area contributed by atoms with E-state index >= 15 is 0 Å². The molecule has 1 saturated heterocycles. The van der Waals surface area contributed by atoms with Crippen molar-refractivity contribution in [2.75, 3.05) is 19.7 Å². The lowest BCUT2D eigenvalue weighted by molar-refractivity contribution is 0.105. The van der Waals surface area contributed by atoms with Crippen LogP contribution in [0.5, 0.6) is 0 Å². The average Bonchev–Trinajstić information content (AvgIpc) is 2.69. The lowest BCUT2D eigenvalue weighted by Crippen LogP contribution is -2.36. The highest BCUT2D eigenvalue weighted by Gasteiger charge is 2.25. The second kappa shape index (κ2) is 6.21. The number of rotatable bonds is 6. The number of hydrogen-bond donors (Lipinski definition) is 3. The van der Waals surface area contributed by atoms with Gasteiger partial charge in [0.15, 0.2) is 0 Å². The predicted octanol–water partition coefficient (Wildman–Crippen LogP) is 1.16. The van der Waals surface area contributed by atoms with Gasteiger partial charge in [-0.25, -0.2) is 0 Å². The van der Waals surface area contributed by atoms with Crippen LogP contribution in [-0.4, -0.2) is 36.8 Å². The zero-order valence-corrected chi connectivity index (χ0v) is 11.1. The molecule has 0 aromatic heterocycles. The van der Waals surface area contributed by atoms with E-state index in [2.05, 4.69) is 17.4 Å². The zero-order chi connectivity index (χ0) is 12.9. The fourth-order valence-corrected chi connectivity index (χ4v) is 2.00. The van der Waals surface area contributed by atoms with Crippen molar-refractivity contribution in [3.05, 3.63) is 0 Å². The molecule has 5 nitrogen and oxygen atoms in total. The number of hydrogen-bond acceptors (Lipinski definition) is 4. The first-order valence-corrected chi connectivity index (χ1v) is 6.27. The van der Waals surface area contributed by atoms with Crippen LogP contribution in [0.1, 0.15) is 33.6 Å². The molecule has 17 heavy (non-hydrogen) atoms. The van der Waals surface area contributed by atoms with Crippen LogP contribution in [-0.2, 0) is 4.74 Å². The number of nitrogens with zero attached hydrogens (tertiary/aromatic N) is 1. The molecule has 5 heteroatoms. The molecule has 1 aliphatic rings. The van der Waals surface area contributed by atoms with Crippen LogP contribution < -0.4 is 11.1 Å². The van der Waals surface area contributed by atoms with Crippen molar-refractivity contribution in [3.8, 4) is 0 Å². The fourth-order valence-electron chi connectivity index (χ4n) is 2.00. The molecule has 1 rings (SSSR count). The van der Waals surface area contributed by atoms with E-state index in [0.717, 1.165) is 32.5 Å². The van der Waals surface area contributed by atoms with Crippen molar-refractivity contribution >= 4 is 5.84 Å². The third-order valence-corrected chi connectivity index (χ3v) is 3.67. The van der Waals surface area contributed by atoms with Crippen LogP contribution in [0.4, 0.5) is 0 Å². The highest BCUT2D eigenvalue weighted by atomic mass is 16.5. The van der Waals surface area contributed by atoms with Crippen LogP contribution in [0.2, 0.25) is 0 Å². The molecule has 1 aliphatic heterocycles. The third-order valence-electron chi connectivity index (χ3n) is 3.67. The minimum atomic E-state index is -0.264. The molecule has 0 aliphatic carbocycles. The standard InChI is InChI=1S/C12H25N3O2/c1-9-10(4-7-17-9)8-14-6-5-12(2,3)11(13)15-16/h9-10,14,16H,4-8H2,1-3H3,(H2,13,15). The maximum atomic E-state index is 8.66. The highest BCUT2D eigenvalue weighted by molar-refractivity contribution is 5.85. The molecule has 0 spiro atoms. The third kappa shape index (κ3) is 4.16. The summed E-state index contributed by atoms with van der Waals surface area (Å²) in [4.78, 5) is 0. The van der Waals surface area contributed by atoms with Gasteiger partial charge in [-0.1, -0.05) is 19.0 Å². The van der Waals surface area contributed by atoms with E-state index in [1.807, 2.05) is 13.8 Å². The summed E-state index contributed by atoms with van der Waals surface area (Å²) in [5.41, 5.74) is 5.37. The predicted molar refractivity (Wildman–Crippen MR) is 68.2 cm³/mol. The summed E-state index contributed by atoms with van der Waals surface area (Å²) < 4.78 is 5.51. The van der Waals surface area contributed by atoms with Gasteiger partial charge in [-0.15, -0.1) is 0 Å². The molecule has 0 amide bonds. The maximum Gasteiger partial charge on any atom is 0.144 e. The maximum absolute atomic E-state index is 8.66. The largest absolute Gasteiger partial charge is 0.409 e. The van der Waals surface area contributed by atoms with Gasteiger partial charge in [-0.2, -0.15) is 0 Å². The van der Waals surface area contributed by atoms with Crippen LogP contribution in [0.15, 0.2) is 5.16 Å².